The van der Waals surface area contributed by atoms with Crippen molar-refractivity contribution >= 4 is 12.4 Å². The van der Waals surface area contributed by atoms with Gasteiger partial charge < -0.3 is 10.4 Å². The van der Waals surface area contributed by atoms with Crippen molar-refractivity contribution in [2.75, 3.05) is 7.05 Å². The summed E-state index contributed by atoms with van der Waals surface area (Å²) in [7, 11) is 1.84. The van der Waals surface area contributed by atoms with E-state index in [1.807, 2.05) is 44.3 Å². The Morgan fingerprint density at radius 1 is 1.23 bits per heavy atom. The molecule has 2 nitrogen and oxygen atoms in total. The molecule has 0 aliphatic carbocycles. The normalized spacial score (nSPS) is 14.4. The molecule has 2 atom stereocenters. The van der Waals surface area contributed by atoms with E-state index in [1.54, 1.807) is 0 Å². The summed E-state index contributed by atoms with van der Waals surface area (Å²) in [6, 6.07) is 9.76. The summed E-state index contributed by atoms with van der Waals surface area (Å²) in [5.74, 6) is 0. The molecule has 0 saturated heterocycles. The predicted octanol–water partition coefficient (Wildman–Crippen LogP) is 1.75. The molecule has 0 radical (unpaired) electrons. The molecule has 1 aromatic carbocycles. The van der Waals surface area contributed by atoms with Crippen molar-refractivity contribution in [2.45, 2.75) is 19.1 Å². The highest BCUT2D eigenvalue weighted by Gasteiger charge is 2.12. The number of halogens is 1. The van der Waals surface area contributed by atoms with Crippen LogP contribution in [0.15, 0.2) is 30.3 Å². The van der Waals surface area contributed by atoms with Crippen LogP contribution in [-0.2, 0) is 0 Å². The summed E-state index contributed by atoms with van der Waals surface area (Å²) in [6.45, 7) is 1.96. The van der Waals surface area contributed by atoms with Crippen LogP contribution >= 0.6 is 12.4 Å². The van der Waals surface area contributed by atoms with Crippen molar-refractivity contribution < 1.29 is 5.11 Å². The molecule has 0 bridgehead atoms. The molecule has 2 N–H and O–H groups in total. The smallest absolute Gasteiger partial charge is 0.0940 e. The Hall–Kier alpha value is -0.570. The molecular formula is C10H16ClNO. The first-order valence-electron chi connectivity index (χ1n) is 4.16. The molecule has 1 aromatic rings. The first-order valence-corrected chi connectivity index (χ1v) is 4.16. The fourth-order valence-corrected chi connectivity index (χ4v) is 1.10. The minimum Gasteiger partial charge on any atom is -0.387 e. The molecule has 1 rings (SSSR count). The van der Waals surface area contributed by atoms with E-state index in [4.69, 9.17) is 0 Å². The largest absolute Gasteiger partial charge is 0.387 e. The first kappa shape index (κ1) is 12.4. The van der Waals surface area contributed by atoms with E-state index < -0.39 is 6.10 Å². The third kappa shape index (κ3) is 3.35. The molecule has 0 amide bonds. The zero-order valence-corrected chi connectivity index (χ0v) is 8.71. The van der Waals surface area contributed by atoms with Crippen LogP contribution in [0.25, 0.3) is 0 Å². The zero-order valence-electron chi connectivity index (χ0n) is 7.90. The van der Waals surface area contributed by atoms with Crippen molar-refractivity contribution in [3.63, 3.8) is 0 Å². The zero-order chi connectivity index (χ0) is 8.97. The molecular weight excluding hydrogens is 186 g/mol. The Bertz CT molecular complexity index is 228. The quantitative estimate of drug-likeness (QED) is 0.781. The summed E-state index contributed by atoms with van der Waals surface area (Å²) in [6.07, 6.45) is -0.420. The first-order chi connectivity index (χ1) is 5.75. The van der Waals surface area contributed by atoms with E-state index in [2.05, 4.69) is 5.32 Å². The van der Waals surface area contributed by atoms with Gasteiger partial charge in [-0.3, -0.25) is 0 Å². The molecule has 0 fully saturated rings. The number of aliphatic hydroxyl groups excluding tert-OH is 1. The third-order valence-corrected chi connectivity index (χ3v) is 2.07. The lowest BCUT2D eigenvalue weighted by molar-refractivity contribution is 0.140. The molecule has 0 spiro atoms. The highest BCUT2D eigenvalue weighted by molar-refractivity contribution is 5.85. The van der Waals surface area contributed by atoms with E-state index in [0.29, 0.717) is 0 Å². The summed E-state index contributed by atoms with van der Waals surface area (Å²) in [5.41, 5.74) is 0.958. The topological polar surface area (TPSA) is 32.3 Å². The van der Waals surface area contributed by atoms with Crippen LogP contribution in [0.1, 0.15) is 18.6 Å². The fourth-order valence-electron chi connectivity index (χ4n) is 1.10. The molecule has 0 aliphatic heterocycles. The number of benzene rings is 1. The maximum atomic E-state index is 9.73. The van der Waals surface area contributed by atoms with Crippen LogP contribution in [0.4, 0.5) is 0 Å². The Balaban J connectivity index is 0.00000144. The lowest BCUT2D eigenvalue weighted by Crippen LogP contribution is -2.28. The molecule has 3 heteroatoms. The summed E-state index contributed by atoms with van der Waals surface area (Å²) in [4.78, 5) is 0. The Labute approximate surface area is 85.4 Å². The van der Waals surface area contributed by atoms with E-state index in [1.165, 1.54) is 0 Å². The van der Waals surface area contributed by atoms with Crippen LogP contribution in [0.2, 0.25) is 0 Å². The third-order valence-electron chi connectivity index (χ3n) is 2.07. The average Bonchev–Trinajstić information content (AvgIpc) is 2.17. The number of hydrogen-bond donors (Lipinski definition) is 2. The molecule has 0 aliphatic rings. The lowest BCUT2D eigenvalue weighted by Gasteiger charge is -2.17. The van der Waals surface area contributed by atoms with Crippen molar-refractivity contribution in [2.24, 2.45) is 0 Å². The van der Waals surface area contributed by atoms with Gasteiger partial charge in [0.2, 0.25) is 0 Å². The van der Waals surface area contributed by atoms with E-state index in [9.17, 15) is 5.11 Å². The van der Waals surface area contributed by atoms with E-state index in [0.717, 1.165) is 5.56 Å². The van der Waals surface area contributed by atoms with Gasteiger partial charge in [0, 0.05) is 6.04 Å². The molecule has 0 heterocycles. The van der Waals surface area contributed by atoms with Gasteiger partial charge in [-0.25, -0.2) is 0 Å². The Morgan fingerprint density at radius 2 is 1.77 bits per heavy atom. The van der Waals surface area contributed by atoms with E-state index >= 15 is 0 Å². The summed E-state index contributed by atoms with van der Waals surface area (Å²) in [5, 5.41) is 12.7. The highest BCUT2D eigenvalue weighted by Crippen LogP contribution is 2.15. The van der Waals surface area contributed by atoms with E-state index in [-0.39, 0.29) is 18.4 Å². The second kappa shape index (κ2) is 5.97. The van der Waals surface area contributed by atoms with Gasteiger partial charge in [-0.1, -0.05) is 30.3 Å². The minimum atomic E-state index is -0.420. The van der Waals surface area contributed by atoms with Gasteiger partial charge in [0.15, 0.2) is 0 Å². The number of nitrogens with one attached hydrogen (secondary N) is 1. The Kier molecular flexibility index (Phi) is 5.71. The second-order valence-electron chi connectivity index (χ2n) is 2.93. The van der Waals surface area contributed by atoms with Crippen LogP contribution in [0.5, 0.6) is 0 Å². The standard InChI is InChI=1S/C10H15NO.ClH/c1-8(11-2)10(12)9-6-4-3-5-7-9;/h3-8,10-12H,1-2H3;1H. The van der Waals surface area contributed by atoms with Gasteiger partial charge in [0.25, 0.3) is 0 Å². The van der Waals surface area contributed by atoms with Crippen LogP contribution < -0.4 is 5.32 Å². The molecule has 0 aromatic heterocycles. The molecule has 2 unspecified atom stereocenters. The number of hydrogen-bond acceptors (Lipinski definition) is 2. The van der Waals surface area contributed by atoms with Gasteiger partial charge in [-0.15, -0.1) is 12.4 Å². The summed E-state index contributed by atoms with van der Waals surface area (Å²) >= 11 is 0. The SMILES string of the molecule is CNC(C)C(O)c1ccccc1.Cl. The minimum absolute atomic E-state index is 0. The van der Waals surface area contributed by atoms with Gasteiger partial charge in [0.05, 0.1) is 6.10 Å². The van der Waals surface area contributed by atoms with Crippen molar-refractivity contribution in [1.82, 2.24) is 5.32 Å². The van der Waals surface area contributed by atoms with Crippen LogP contribution in [-0.4, -0.2) is 18.2 Å². The van der Waals surface area contributed by atoms with Crippen molar-refractivity contribution in [3.8, 4) is 0 Å². The number of rotatable bonds is 3. The highest BCUT2D eigenvalue weighted by atomic mass is 35.5. The molecule has 0 saturated carbocycles. The predicted molar refractivity (Wildman–Crippen MR) is 57.2 cm³/mol. The average molecular weight is 202 g/mol. The van der Waals surface area contributed by atoms with Gasteiger partial charge in [-0.2, -0.15) is 0 Å². The second-order valence-corrected chi connectivity index (χ2v) is 2.93. The maximum absolute atomic E-state index is 9.73. The van der Waals surface area contributed by atoms with Gasteiger partial charge >= 0.3 is 0 Å². The number of aliphatic hydroxyl groups is 1. The lowest BCUT2D eigenvalue weighted by atomic mass is 10.0. The van der Waals surface area contributed by atoms with Crippen LogP contribution in [0, 0.1) is 0 Å². The Morgan fingerprint density at radius 3 is 2.23 bits per heavy atom. The molecule has 74 valence electrons. The van der Waals surface area contributed by atoms with Crippen molar-refractivity contribution in [3.05, 3.63) is 35.9 Å². The molecule has 13 heavy (non-hydrogen) atoms. The van der Waals surface area contributed by atoms with Crippen LogP contribution in [0.3, 0.4) is 0 Å². The number of likely N-dealkylation sites (N-methyl/N-ethyl adjacent to an activating group) is 1. The fraction of sp³-hybridized carbons (Fsp3) is 0.400. The van der Waals surface area contributed by atoms with Gasteiger partial charge in [0.1, 0.15) is 0 Å². The van der Waals surface area contributed by atoms with Gasteiger partial charge in [-0.05, 0) is 19.5 Å². The monoisotopic (exact) mass is 201 g/mol. The summed E-state index contributed by atoms with van der Waals surface area (Å²) < 4.78 is 0. The van der Waals surface area contributed by atoms with Crippen molar-refractivity contribution in [1.29, 1.82) is 0 Å². The maximum Gasteiger partial charge on any atom is 0.0940 e.